The Bertz CT molecular complexity index is 306. The number of hydrogen-bond acceptors (Lipinski definition) is 6. The van der Waals surface area contributed by atoms with Crippen molar-refractivity contribution in [1.82, 2.24) is 4.72 Å². The van der Waals surface area contributed by atoms with Crippen LogP contribution in [0.1, 0.15) is 0 Å². The minimum atomic E-state index is -4.91. The van der Waals surface area contributed by atoms with E-state index in [0.717, 1.165) is 0 Å². The summed E-state index contributed by atoms with van der Waals surface area (Å²) < 4.78 is 61.0. The van der Waals surface area contributed by atoms with E-state index in [9.17, 15) is 16.8 Å². The van der Waals surface area contributed by atoms with Crippen molar-refractivity contribution in [3.05, 3.63) is 0 Å². The number of aliphatic hydroxyl groups excluding tert-OH is 1. The monoisotopic (exact) mass is 237 g/mol. The van der Waals surface area contributed by atoms with E-state index in [0.29, 0.717) is 0 Å². The zero-order valence-electron chi connectivity index (χ0n) is 5.98. The molecule has 4 N–H and O–H groups in total. The molecule has 0 saturated heterocycles. The highest BCUT2D eigenvalue weighted by atomic mass is 32.3. The van der Waals surface area contributed by atoms with Gasteiger partial charge in [-0.05, 0) is 0 Å². The molecule has 80 valence electrons. The van der Waals surface area contributed by atoms with Gasteiger partial charge in [0.2, 0.25) is 0 Å². The van der Waals surface area contributed by atoms with Crippen LogP contribution in [0, 0.1) is 0 Å². The normalized spacial score (nSPS) is 15.6. The summed E-state index contributed by atoms with van der Waals surface area (Å²) in [7, 11) is -9.62. The molecule has 0 aliphatic heterocycles. The number of rotatable bonds is 5. The van der Waals surface area contributed by atoms with Crippen LogP contribution in [0.4, 0.5) is 0 Å². The molecule has 0 aromatic rings. The van der Waals surface area contributed by atoms with Crippen molar-refractivity contribution >= 4 is 20.7 Å². The number of aliphatic hydroxyl groups is 1. The maximum absolute atomic E-state index is 10.1. The Kier molecular flexibility index (Phi) is 4.18. The van der Waals surface area contributed by atoms with Crippen molar-refractivity contribution in [3.8, 4) is 0 Å². The zero-order chi connectivity index (χ0) is 10.7. The molecule has 13 heavy (non-hydrogen) atoms. The van der Waals surface area contributed by atoms with Gasteiger partial charge in [0.05, 0.1) is 6.61 Å². The third-order valence-electron chi connectivity index (χ3n) is 0.684. The Morgan fingerprint density at radius 2 is 1.69 bits per heavy atom. The minimum absolute atomic E-state index is 1.08. The smallest absolute Gasteiger partial charge is 0.392 e. The lowest BCUT2D eigenvalue weighted by molar-refractivity contribution is 0.0980. The molecule has 1 atom stereocenters. The van der Waals surface area contributed by atoms with Gasteiger partial charge in [0, 0.05) is 0 Å². The zero-order valence-corrected chi connectivity index (χ0v) is 7.62. The molecular formula is C2H7NO8S2. The highest BCUT2D eigenvalue weighted by Crippen LogP contribution is 1.94. The third kappa shape index (κ3) is 8.04. The number of nitrogens with one attached hydrogen (secondary N) is 1. The first-order valence-electron chi connectivity index (χ1n) is 2.65. The average Bonchev–Trinajstić information content (AvgIpc) is 1.79. The highest BCUT2D eigenvalue weighted by molar-refractivity contribution is 7.84. The first-order chi connectivity index (χ1) is 5.64. The average molecular weight is 237 g/mol. The van der Waals surface area contributed by atoms with E-state index < -0.39 is 33.5 Å². The SMILES string of the molecule is O=S(=O)(O)NC(CO)OS(=O)(=O)O. The summed E-state index contributed by atoms with van der Waals surface area (Å²) in [6.07, 6.45) is -1.97. The van der Waals surface area contributed by atoms with Gasteiger partial charge in [0.1, 0.15) is 0 Å². The van der Waals surface area contributed by atoms with Crippen LogP contribution in [0.3, 0.4) is 0 Å². The van der Waals surface area contributed by atoms with Gasteiger partial charge in [-0.15, -0.1) is 0 Å². The minimum Gasteiger partial charge on any atom is -0.392 e. The second-order valence-electron chi connectivity index (χ2n) is 1.79. The fourth-order valence-electron chi connectivity index (χ4n) is 0.400. The summed E-state index contributed by atoms with van der Waals surface area (Å²) in [5.41, 5.74) is 0. The molecule has 9 nitrogen and oxygen atoms in total. The maximum atomic E-state index is 10.1. The molecule has 0 fully saturated rings. The lowest BCUT2D eigenvalue weighted by Crippen LogP contribution is -2.40. The molecule has 0 saturated carbocycles. The molecule has 0 heterocycles. The van der Waals surface area contributed by atoms with Gasteiger partial charge in [-0.2, -0.15) is 21.6 Å². The van der Waals surface area contributed by atoms with Gasteiger partial charge in [-0.3, -0.25) is 9.11 Å². The van der Waals surface area contributed by atoms with Crippen LogP contribution in [0.25, 0.3) is 0 Å². The van der Waals surface area contributed by atoms with E-state index in [4.69, 9.17) is 14.2 Å². The van der Waals surface area contributed by atoms with Crippen LogP contribution in [-0.4, -0.2) is 43.9 Å². The lowest BCUT2D eigenvalue weighted by atomic mass is 10.7. The maximum Gasteiger partial charge on any atom is 0.399 e. The van der Waals surface area contributed by atoms with Gasteiger partial charge in [0.15, 0.2) is 6.23 Å². The standard InChI is InChI=1S/C2H7NO8S2/c4-1-2(3-12(5,6)7)11-13(8,9)10/h2-4H,1H2,(H,5,6,7)(H,8,9,10). The first-order valence-corrected chi connectivity index (χ1v) is 5.46. The van der Waals surface area contributed by atoms with Gasteiger partial charge in [-0.1, -0.05) is 0 Å². The summed E-state index contributed by atoms with van der Waals surface area (Å²) in [6.45, 7) is -1.08. The molecule has 1 unspecified atom stereocenters. The third-order valence-corrected chi connectivity index (χ3v) is 1.72. The lowest BCUT2D eigenvalue weighted by Gasteiger charge is -2.11. The van der Waals surface area contributed by atoms with Gasteiger partial charge >= 0.3 is 20.7 Å². The molecule has 0 amide bonds. The molecule has 0 aliphatic carbocycles. The van der Waals surface area contributed by atoms with Gasteiger partial charge in [-0.25, -0.2) is 4.18 Å². The summed E-state index contributed by atoms with van der Waals surface area (Å²) in [5.74, 6) is 0. The second-order valence-corrected chi connectivity index (χ2v) is 4.02. The van der Waals surface area contributed by atoms with Crippen molar-refractivity contribution in [2.75, 3.05) is 6.61 Å². The van der Waals surface area contributed by atoms with Crippen molar-refractivity contribution < 1.29 is 35.2 Å². The fraction of sp³-hybridized carbons (Fsp3) is 1.00. The molecule has 0 rings (SSSR count). The van der Waals surface area contributed by atoms with Crippen molar-refractivity contribution in [2.45, 2.75) is 6.23 Å². The molecular weight excluding hydrogens is 230 g/mol. The Labute approximate surface area is 74.2 Å². The molecule has 0 aromatic carbocycles. The number of hydrogen-bond donors (Lipinski definition) is 4. The molecule has 0 spiro atoms. The van der Waals surface area contributed by atoms with Crippen LogP contribution < -0.4 is 4.72 Å². The van der Waals surface area contributed by atoms with Crippen LogP contribution in [-0.2, 0) is 24.9 Å². The Hall–Kier alpha value is -0.300. The fourth-order valence-corrected chi connectivity index (χ4v) is 1.32. The van der Waals surface area contributed by atoms with E-state index in [-0.39, 0.29) is 0 Å². The van der Waals surface area contributed by atoms with Crippen molar-refractivity contribution in [1.29, 1.82) is 0 Å². The summed E-state index contributed by atoms with van der Waals surface area (Å²) in [4.78, 5) is 0. The van der Waals surface area contributed by atoms with Gasteiger partial charge in [0.25, 0.3) is 0 Å². The summed E-state index contributed by atoms with van der Waals surface area (Å²) in [5, 5.41) is 8.31. The molecule has 0 aliphatic rings. The topological polar surface area (TPSA) is 150 Å². The van der Waals surface area contributed by atoms with Crippen LogP contribution >= 0.6 is 0 Å². The molecule has 0 aromatic heterocycles. The second kappa shape index (κ2) is 4.28. The van der Waals surface area contributed by atoms with Crippen molar-refractivity contribution in [3.63, 3.8) is 0 Å². The van der Waals surface area contributed by atoms with E-state index >= 15 is 0 Å². The quantitative estimate of drug-likeness (QED) is 0.303. The Morgan fingerprint density at radius 3 is 1.92 bits per heavy atom. The summed E-state index contributed by atoms with van der Waals surface area (Å²) >= 11 is 0. The Morgan fingerprint density at radius 1 is 1.23 bits per heavy atom. The molecule has 11 heteroatoms. The Balaban J connectivity index is 4.39. The van der Waals surface area contributed by atoms with Crippen LogP contribution in [0.5, 0.6) is 0 Å². The highest BCUT2D eigenvalue weighted by Gasteiger charge is 2.20. The molecule has 0 bridgehead atoms. The van der Waals surface area contributed by atoms with E-state index in [1.807, 2.05) is 0 Å². The molecule has 0 radical (unpaired) electrons. The first kappa shape index (κ1) is 12.7. The predicted molar refractivity (Wildman–Crippen MR) is 38.2 cm³/mol. The van der Waals surface area contributed by atoms with Crippen LogP contribution in [0.2, 0.25) is 0 Å². The van der Waals surface area contributed by atoms with Gasteiger partial charge < -0.3 is 5.11 Å². The predicted octanol–water partition coefficient (Wildman–Crippen LogP) is -2.48. The van der Waals surface area contributed by atoms with E-state index in [2.05, 4.69) is 4.18 Å². The van der Waals surface area contributed by atoms with Crippen molar-refractivity contribution in [2.24, 2.45) is 0 Å². The summed E-state index contributed by atoms with van der Waals surface area (Å²) in [6, 6.07) is 0. The van der Waals surface area contributed by atoms with Crippen LogP contribution in [0.15, 0.2) is 0 Å². The largest absolute Gasteiger partial charge is 0.399 e. The van der Waals surface area contributed by atoms with E-state index in [1.165, 1.54) is 4.72 Å². The van der Waals surface area contributed by atoms with E-state index in [1.54, 1.807) is 0 Å².